The van der Waals surface area contributed by atoms with E-state index in [9.17, 15) is 9.59 Å². The molecule has 4 aromatic rings. The first-order chi connectivity index (χ1) is 16.6. The van der Waals surface area contributed by atoms with Crippen molar-refractivity contribution in [3.05, 3.63) is 99.2 Å². The lowest BCUT2D eigenvalue weighted by molar-refractivity contribution is -0.123. The summed E-state index contributed by atoms with van der Waals surface area (Å²) in [5.41, 5.74) is 2.79. The summed E-state index contributed by atoms with van der Waals surface area (Å²) in [5.74, 6) is -0.0963. The van der Waals surface area contributed by atoms with E-state index < -0.39 is 0 Å². The van der Waals surface area contributed by atoms with Gasteiger partial charge in [0.15, 0.2) is 12.4 Å². The lowest BCUT2D eigenvalue weighted by Crippen LogP contribution is -2.32. The van der Waals surface area contributed by atoms with Crippen LogP contribution in [0, 0.1) is 0 Å². The number of nitrogens with one attached hydrogen (secondary N) is 1. The molecule has 3 aromatic carbocycles. The molecule has 0 spiro atoms. The first kappa shape index (κ1) is 24.6. The Morgan fingerprint density at radius 1 is 1.03 bits per heavy atom. The second-order valence-corrected chi connectivity index (χ2v) is 9.98. The highest BCUT2D eigenvalue weighted by molar-refractivity contribution is 6.31. The van der Waals surface area contributed by atoms with Crippen LogP contribution < -0.4 is 15.5 Å². The number of rotatable bonds is 6. The van der Waals surface area contributed by atoms with Gasteiger partial charge in [0.25, 0.3) is 5.91 Å². The van der Waals surface area contributed by atoms with E-state index >= 15 is 0 Å². The molecule has 1 heterocycles. The number of carbonyl (C=O) groups excluding carboxylic acids is 1. The van der Waals surface area contributed by atoms with E-state index in [4.69, 9.17) is 20.8 Å². The summed E-state index contributed by atoms with van der Waals surface area (Å²) in [6.45, 7) is 7.95. The van der Waals surface area contributed by atoms with E-state index in [1.165, 1.54) is 0 Å². The molecule has 6 heteroatoms. The third-order valence-electron chi connectivity index (χ3n) is 5.85. The summed E-state index contributed by atoms with van der Waals surface area (Å²) >= 11 is 6.12. The zero-order chi connectivity index (χ0) is 25.2. The van der Waals surface area contributed by atoms with Crippen molar-refractivity contribution in [2.45, 2.75) is 39.2 Å². The molecule has 180 valence electrons. The molecule has 4 rings (SSSR count). The van der Waals surface area contributed by atoms with Crippen LogP contribution in [0.1, 0.15) is 44.9 Å². The van der Waals surface area contributed by atoms with Crippen LogP contribution in [0.25, 0.3) is 22.3 Å². The van der Waals surface area contributed by atoms with Crippen LogP contribution in [0.2, 0.25) is 5.02 Å². The number of benzene rings is 3. The summed E-state index contributed by atoms with van der Waals surface area (Å²) in [6, 6.07) is 22.1. The van der Waals surface area contributed by atoms with Gasteiger partial charge in [0.05, 0.1) is 11.4 Å². The molecular formula is C29H28ClNO4. The molecule has 1 atom stereocenters. The number of halogens is 1. The smallest absolute Gasteiger partial charge is 0.258 e. The lowest BCUT2D eigenvalue weighted by Gasteiger charge is -2.19. The zero-order valence-corrected chi connectivity index (χ0v) is 21.0. The van der Waals surface area contributed by atoms with Crippen LogP contribution >= 0.6 is 11.6 Å². The minimum Gasteiger partial charge on any atom is -0.476 e. The standard InChI is InChI=1S/C29H28ClNO4/c1-18(19-8-6-5-7-9-19)31-25(32)17-34-28-26(33)23-16-22(30)14-15-24(23)35-27(28)20-10-12-21(13-11-20)29(2,3)4/h5-16,18H,17H2,1-4H3,(H,31,32). The average Bonchev–Trinajstić information content (AvgIpc) is 2.83. The number of hydrogen-bond acceptors (Lipinski definition) is 4. The van der Waals surface area contributed by atoms with E-state index in [2.05, 4.69) is 26.1 Å². The van der Waals surface area contributed by atoms with Crippen molar-refractivity contribution < 1.29 is 13.9 Å². The maximum atomic E-state index is 13.4. The van der Waals surface area contributed by atoms with Crippen LogP contribution in [0.4, 0.5) is 0 Å². The molecule has 0 aliphatic rings. The molecule has 0 bridgehead atoms. The van der Waals surface area contributed by atoms with Crippen molar-refractivity contribution in [2.75, 3.05) is 6.61 Å². The molecule has 0 aliphatic heterocycles. The van der Waals surface area contributed by atoms with Crippen molar-refractivity contribution in [1.82, 2.24) is 5.32 Å². The van der Waals surface area contributed by atoms with Crippen molar-refractivity contribution in [1.29, 1.82) is 0 Å². The molecule has 0 fully saturated rings. The third kappa shape index (κ3) is 5.57. The molecule has 1 unspecified atom stereocenters. The normalized spacial score (nSPS) is 12.4. The highest BCUT2D eigenvalue weighted by Gasteiger charge is 2.21. The van der Waals surface area contributed by atoms with Gasteiger partial charge in [-0.25, -0.2) is 0 Å². The zero-order valence-electron chi connectivity index (χ0n) is 20.2. The molecule has 0 radical (unpaired) electrons. The van der Waals surface area contributed by atoms with Crippen molar-refractivity contribution in [3.8, 4) is 17.1 Å². The fourth-order valence-electron chi connectivity index (χ4n) is 3.84. The number of carbonyl (C=O) groups is 1. The predicted octanol–water partition coefficient (Wildman–Crippen LogP) is 6.67. The summed E-state index contributed by atoms with van der Waals surface area (Å²) in [4.78, 5) is 26.0. The van der Waals surface area contributed by atoms with Crippen LogP contribution in [-0.4, -0.2) is 12.5 Å². The molecule has 5 nitrogen and oxygen atoms in total. The maximum absolute atomic E-state index is 13.4. The second-order valence-electron chi connectivity index (χ2n) is 9.55. The Bertz CT molecular complexity index is 1400. The van der Waals surface area contributed by atoms with Crippen molar-refractivity contribution in [2.24, 2.45) is 0 Å². The van der Waals surface area contributed by atoms with Gasteiger partial charge in [0, 0.05) is 10.6 Å². The first-order valence-corrected chi connectivity index (χ1v) is 11.9. The minimum absolute atomic E-state index is 0.0215. The fourth-order valence-corrected chi connectivity index (χ4v) is 4.01. The Kier molecular flexibility index (Phi) is 6.99. The van der Waals surface area contributed by atoms with Gasteiger partial charge >= 0.3 is 0 Å². The van der Waals surface area contributed by atoms with E-state index in [0.29, 0.717) is 21.6 Å². The Hall–Kier alpha value is -3.57. The van der Waals surface area contributed by atoms with E-state index in [1.54, 1.807) is 18.2 Å². The molecule has 0 saturated heterocycles. The van der Waals surface area contributed by atoms with Crippen LogP contribution in [0.15, 0.2) is 82.0 Å². The third-order valence-corrected chi connectivity index (χ3v) is 6.08. The minimum atomic E-state index is -0.382. The monoisotopic (exact) mass is 489 g/mol. The Balaban J connectivity index is 1.66. The van der Waals surface area contributed by atoms with Gasteiger partial charge in [-0.15, -0.1) is 0 Å². The Morgan fingerprint density at radius 3 is 2.37 bits per heavy atom. The van der Waals surface area contributed by atoms with Gasteiger partial charge in [-0.2, -0.15) is 0 Å². The topological polar surface area (TPSA) is 68.5 Å². The van der Waals surface area contributed by atoms with Crippen LogP contribution in [0.3, 0.4) is 0 Å². The highest BCUT2D eigenvalue weighted by Crippen LogP contribution is 2.33. The Labute approximate surface area is 209 Å². The van der Waals surface area contributed by atoms with Gasteiger partial charge < -0.3 is 14.5 Å². The summed E-state index contributed by atoms with van der Waals surface area (Å²) in [5, 5.41) is 3.60. The number of fused-ring (bicyclic) bond motifs is 1. The Morgan fingerprint density at radius 2 is 1.71 bits per heavy atom. The largest absolute Gasteiger partial charge is 0.476 e. The average molecular weight is 490 g/mol. The summed E-state index contributed by atoms with van der Waals surface area (Å²) < 4.78 is 11.9. The van der Waals surface area contributed by atoms with Crippen molar-refractivity contribution in [3.63, 3.8) is 0 Å². The molecule has 1 aromatic heterocycles. The van der Waals surface area contributed by atoms with Crippen LogP contribution in [0.5, 0.6) is 5.75 Å². The quantitative estimate of drug-likeness (QED) is 0.328. The van der Waals surface area contributed by atoms with E-state index in [-0.39, 0.29) is 40.9 Å². The van der Waals surface area contributed by atoms with Crippen LogP contribution in [-0.2, 0) is 10.2 Å². The first-order valence-electron chi connectivity index (χ1n) is 11.5. The predicted molar refractivity (Wildman–Crippen MR) is 140 cm³/mol. The SMILES string of the molecule is CC(NC(=O)COc1c(-c2ccc(C(C)(C)C)cc2)oc2ccc(Cl)cc2c1=O)c1ccccc1. The van der Waals surface area contributed by atoms with Gasteiger partial charge in [-0.05, 0) is 41.7 Å². The fraction of sp³-hybridized carbons (Fsp3) is 0.241. The highest BCUT2D eigenvalue weighted by atomic mass is 35.5. The molecular weight excluding hydrogens is 462 g/mol. The maximum Gasteiger partial charge on any atom is 0.258 e. The van der Waals surface area contributed by atoms with Gasteiger partial charge in [-0.3, -0.25) is 9.59 Å². The lowest BCUT2D eigenvalue weighted by atomic mass is 9.86. The molecule has 35 heavy (non-hydrogen) atoms. The molecule has 0 saturated carbocycles. The number of hydrogen-bond donors (Lipinski definition) is 1. The summed E-state index contributed by atoms with van der Waals surface area (Å²) in [6.07, 6.45) is 0. The number of ether oxygens (including phenoxy) is 1. The van der Waals surface area contributed by atoms with Crippen molar-refractivity contribution >= 4 is 28.5 Å². The van der Waals surface area contributed by atoms with Gasteiger partial charge in [-0.1, -0.05) is 87.0 Å². The molecule has 1 N–H and O–H groups in total. The van der Waals surface area contributed by atoms with E-state index in [1.807, 2.05) is 61.5 Å². The molecule has 0 aliphatic carbocycles. The van der Waals surface area contributed by atoms with E-state index in [0.717, 1.165) is 11.1 Å². The van der Waals surface area contributed by atoms with Gasteiger partial charge in [0.1, 0.15) is 5.58 Å². The second kappa shape index (κ2) is 9.96. The summed E-state index contributed by atoms with van der Waals surface area (Å²) in [7, 11) is 0. The number of amides is 1. The van der Waals surface area contributed by atoms with Gasteiger partial charge in [0.2, 0.25) is 11.2 Å². The molecule has 1 amide bonds.